The predicted molar refractivity (Wildman–Crippen MR) is 59.1 cm³/mol. The summed E-state index contributed by atoms with van der Waals surface area (Å²) < 4.78 is 9.76. The maximum absolute atomic E-state index is 10.7. The molecule has 0 atom stereocenters. The number of carboxylic acid groups (broad SMARTS) is 1. The van der Waals surface area contributed by atoms with Gasteiger partial charge in [-0.1, -0.05) is 0 Å². The average Bonchev–Trinajstić information content (AvgIpc) is 2.26. The van der Waals surface area contributed by atoms with Crippen molar-refractivity contribution in [2.45, 2.75) is 0 Å². The Bertz CT molecular complexity index is 399. The second-order valence-electron chi connectivity index (χ2n) is 3.85. The summed E-state index contributed by atoms with van der Waals surface area (Å²) in [5, 5.41) is 8.81. The Hall–Kier alpha value is -1.96. The number of hydrogen-bond acceptors (Lipinski definition) is 6. The van der Waals surface area contributed by atoms with Crippen LogP contribution in [-0.2, 0) is 4.79 Å². The number of carbonyl (C=O) groups is 1. The van der Waals surface area contributed by atoms with Gasteiger partial charge in [-0.2, -0.15) is 0 Å². The van der Waals surface area contributed by atoms with Crippen LogP contribution in [0.15, 0.2) is 0 Å². The molecule has 8 nitrogen and oxygen atoms in total. The van der Waals surface area contributed by atoms with Gasteiger partial charge in [-0.05, 0) is 0 Å². The quantitative estimate of drug-likeness (QED) is 0.699. The van der Waals surface area contributed by atoms with Crippen LogP contribution in [0.1, 0.15) is 0 Å². The van der Waals surface area contributed by atoms with Gasteiger partial charge in [-0.25, -0.2) is 4.79 Å². The molecule has 0 aliphatic carbocycles. The molecule has 1 aromatic rings. The number of nitrogens with zero attached hydrogens (tertiary/aromatic N) is 4. The number of carboxylic acids is 1. The van der Waals surface area contributed by atoms with Crippen molar-refractivity contribution >= 4 is 11.9 Å². The van der Waals surface area contributed by atoms with Gasteiger partial charge >= 0.3 is 23.9 Å². The highest BCUT2D eigenvalue weighted by atomic mass is 16.5. The van der Waals surface area contributed by atoms with E-state index in [-0.39, 0.29) is 29.0 Å². The summed E-state index contributed by atoms with van der Waals surface area (Å²) in [4.78, 5) is 22.6. The maximum atomic E-state index is 10.7. The van der Waals surface area contributed by atoms with Crippen molar-refractivity contribution in [1.82, 2.24) is 19.4 Å². The highest BCUT2D eigenvalue weighted by molar-refractivity contribution is 5.71. The van der Waals surface area contributed by atoms with Gasteiger partial charge in [0.2, 0.25) is 0 Å². The molecule has 1 N–H and O–H groups in total. The maximum Gasteiger partial charge on any atom is 0.359 e. The van der Waals surface area contributed by atoms with Crippen molar-refractivity contribution in [3.05, 3.63) is 0 Å². The Morgan fingerprint density at radius 3 is 2.00 bits per heavy atom. The number of likely N-dealkylation sites (N-methyl/N-ethyl adjacent to an activating group) is 1. The highest BCUT2D eigenvalue weighted by Crippen LogP contribution is 2.18. The predicted octanol–water partition coefficient (Wildman–Crippen LogP) is -0.460. The van der Waals surface area contributed by atoms with E-state index in [9.17, 15) is 4.79 Å². The van der Waals surface area contributed by atoms with Crippen LogP contribution in [0.3, 0.4) is 0 Å². The Balaban J connectivity index is 3.15. The topological polar surface area (TPSA) is 94.4 Å². The molecule has 0 fully saturated rings. The Morgan fingerprint density at radius 1 is 1.18 bits per heavy atom. The van der Waals surface area contributed by atoms with Gasteiger partial charge in [0, 0.05) is 0 Å². The van der Waals surface area contributed by atoms with Gasteiger partial charge in [0.25, 0.3) is 0 Å². The Labute approximate surface area is 98.4 Å². The first-order valence-corrected chi connectivity index (χ1v) is 4.78. The van der Waals surface area contributed by atoms with Gasteiger partial charge in [-0.15, -0.1) is 15.0 Å². The first-order valence-electron chi connectivity index (χ1n) is 4.78. The lowest BCUT2D eigenvalue weighted by Gasteiger charge is -2.24. The van der Waals surface area contributed by atoms with Crippen molar-refractivity contribution in [2.75, 3.05) is 34.9 Å². The number of ether oxygens (including phenoxy) is 2. The largest absolute Gasteiger partial charge is 0.477 e. The first kappa shape index (κ1) is 13.1. The van der Waals surface area contributed by atoms with Gasteiger partial charge in [0.05, 0.1) is 28.3 Å². The van der Waals surface area contributed by atoms with Crippen LogP contribution in [0.25, 0.3) is 0 Å². The summed E-state index contributed by atoms with van der Waals surface area (Å²) in [6.45, 7) is -0.156. The fourth-order valence-electron chi connectivity index (χ4n) is 1.19. The van der Waals surface area contributed by atoms with Gasteiger partial charge in [0.1, 0.15) is 0 Å². The second-order valence-corrected chi connectivity index (χ2v) is 3.85. The van der Waals surface area contributed by atoms with Crippen molar-refractivity contribution in [1.29, 1.82) is 0 Å². The number of aliphatic carboxylic acids is 1. The van der Waals surface area contributed by atoms with Crippen LogP contribution in [0.5, 0.6) is 12.0 Å². The molecule has 1 rings (SSSR count). The van der Waals surface area contributed by atoms with E-state index in [1.54, 1.807) is 14.1 Å². The minimum atomic E-state index is -0.951. The van der Waals surface area contributed by atoms with E-state index in [4.69, 9.17) is 14.6 Å². The number of methoxy groups -OCH3 is 2. The van der Waals surface area contributed by atoms with E-state index >= 15 is 0 Å². The zero-order valence-electron chi connectivity index (χ0n) is 10.2. The molecule has 0 aromatic carbocycles. The van der Waals surface area contributed by atoms with E-state index in [0.29, 0.717) is 0 Å². The summed E-state index contributed by atoms with van der Waals surface area (Å²) in [5.41, 5.74) is 0. The summed E-state index contributed by atoms with van der Waals surface area (Å²) in [6, 6.07) is 0.173. The molecule has 0 amide bonds. The fourth-order valence-corrected chi connectivity index (χ4v) is 1.19. The molecular formula is C9H15N4O4+. The Kier molecular flexibility index (Phi) is 3.79. The smallest absolute Gasteiger partial charge is 0.359 e. The third kappa shape index (κ3) is 3.25. The van der Waals surface area contributed by atoms with Crippen LogP contribution < -0.4 is 14.0 Å². The molecule has 0 saturated heterocycles. The van der Waals surface area contributed by atoms with Crippen molar-refractivity contribution in [3.8, 4) is 12.0 Å². The molecule has 0 aliphatic heterocycles. The van der Waals surface area contributed by atoms with Crippen LogP contribution >= 0.6 is 0 Å². The van der Waals surface area contributed by atoms with Gasteiger partial charge in [0.15, 0.2) is 6.54 Å². The first-order chi connectivity index (χ1) is 7.89. The van der Waals surface area contributed by atoms with Crippen LogP contribution in [-0.4, -0.2) is 60.9 Å². The highest BCUT2D eigenvalue weighted by Gasteiger charge is 2.28. The molecule has 0 radical (unpaired) electrons. The van der Waals surface area contributed by atoms with Crippen molar-refractivity contribution < 1.29 is 19.4 Å². The molecular weight excluding hydrogens is 228 g/mol. The summed E-state index contributed by atoms with van der Waals surface area (Å²) in [5.74, 6) is -0.690. The summed E-state index contributed by atoms with van der Waals surface area (Å²) in [7, 11) is 6.16. The van der Waals surface area contributed by atoms with E-state index in [0.717, 1.165) is 0 Å². The second kappa shape index (κ2) is 4.91. The average molecular weight is 243 g/mol. The van der Waals surface area contributed by atoms with E-state index in [2.05, 4.69) is 15.0 Å². The molecule has 0 bridgehead atoms. The number of aromatic nitrogens is 3. The van der Waals surface area contributed by atoms with Gasteiger partial charge < -0.3 is 14.6 Å². The van der Waals surface area contributed by atoms with Crippen LogP contribution in [0.2, 0.25) is 0 Å². The monoisotopic (exact) mass is 243 g/mol. The lowest BCUT2D eigenvalue weighted by atomic mass is 10.5. The minimum Gasteiger partial charge on any atom is -0.477 e. The van der Waals surface area contributed by atoms with Crippen LogP contribution in [0, 0.1) is 0 Å². The summed E-state index contributed by atoms with van der Waals surface area (Å²) >= 11 is 0. The molecule has 0 unspecified atom stereocenters. The third-order valence-corrected chi connectivity index (χ3v) is 2.02. The third-order valence-electron chi connectivity index (χ3n) is 2.02. The standard InChI is InChI=1S/C9H14N4O4/c1-13(2,5-6(14)15)7-10-8(16-3)12-9(11-7)17-4/h5H2,1-4H3/p+1. The van der Waals surface area contributed by atoms with Crippen molar-refractivity contribution in [3.63, 3.8) is 0 Å². The lowest BCUT2D eigenvalue weighted by molar-refractivity contribution is -0.137. The minimum absolute atomic E-state index is 0.0371. The number of rotatable bonds is 5. The van der Waals surface area contributed by atoms with Gasteiger partial charge in [-0.3, -0.25) is 4.48 Å². The molecule has 0 spiro atoms. The molecule has 0 saturated carbocycles. The summed E-state index contributed by atoms with van der Waals surface area (Å²) in [6.07, 6.45) is 0. The number of quaternary nitrogens is 1. The molecule has 17 heavy (non-hydrogen) atoms. The number of hydrogen-bond donors (Lipinski definition) is 1. The Morgan fingerprint density at radius 2 is 1.65 bits per heavy atom. The lowest BCUT2D eigenvalue weighted by Crippen LogP contribution is -2.46. The fraction of sp³-hybridized carbons (Fsp3) is 0.556. The van der Waals surface area contributed by atoms with Crippen LogP contribution in [0.4, 0.5) is 5.95 Å². The van der Waals surface area contributed by atoms with E-state index < -0.39 is 5.97 Å². The zero-order valence-corrected chi connectivity index (χ0v) is 10.2. The molecule has 1 aromatic heterocycles. The van der Waals surface area contributed by atoms with Crippen molar-refractivity contribution in [2.24, 2.45) is 0 Å². The molecule has 94 valence electrons. The van der Waals surface area contributed by atoms with E-state index in [1.807, 2.05) is 0 Å². The SMILES string of the molecule is COc1nc(OC)nc([N+](C)(C)CC(=O)O)n1. The molecule has 8 heteroatoms. The van der Waals surface area contributed by atoms with E-state index in [1.165, 1.54) is 14.2 Å². The normalized spacial score (nSPS) is 11.1. The molecule has 0 aliphatic rings. The zero-order chi connectivity index (χ0) is 13.1. The molecule has 1 heterocycles.